The summed E-state index contributed by atoms with van der Waals surface area (Å²) in [6.07, 6.45) is 0.405. The molecule has 0 saturated carbocycles. The summed E-state index contributed by atoms with van der Waals surface area (Å²) in [5.41, 5.74) is 0.983. The Bertz CT molecular complexity index is 672. The number of aromatic nitrogens is 2. The second-order valence-corrected chi connectivity index (χ2v) is 6.53. The van der Waals surface area contributed by atoms with Gasteiger partial charge >= 0.3 is 0 Å². The highest BCUT2D eigenvalue weighted by Crippen LogP contribution is 2.11. The molecule has 0 atom stereocenters. The Labute approximate surface area is 147 Å². The molecule has 0 aliphatic carbocycles. The van der Waals surface area contributed by atoms with Gasteiger partial charge in [0.05, 0.1) is 6.54 Å². The molecular formula is C17H23ClN4O2. The molecule has 0 fully saturated rings. The average molecular weight is 351 g/mol. The minimum atomic E-state index is -0.00442. The van der Waals surface area contributed by atoms with Crippen LogP contribution < -0.4 is 5.32 Å². The van der Waals surface area contributed by atoms with Crippen molar-refractivity contribution in [3.8, 4) is 0 Å². The number of hydrogen-bond donors (Lipinski definition) is 1. The average Bonchev–Trinajstić information content (AvgIpc) is 3.00. The van der Waals surface area contributed by atoms with E-state index in [1.807, 2.05) is 50.1 Å². The molecule has 2 rings (SSSR count). The highest BCUT2D eigenvalue weighted by Gasteiger charge is 2.12. The zero-order chi connectivity index (χ0) is 17.5. The highest BCUT2D eigenvalue weighted by atomic mass is 35.5. The molecule has 0 radical (unpaired) electrons. The van der Waals surface area contributed by atoms with E-state index < -0.39 is 0 Å². The summed E-state index contributed by atoms with van der Waals surface area (Å²) in [6, 6.07) is 7.45. The first-order valence-electron chi connectivity index (χ1n) is 7.96. The van der Waals surface area contributed by atoms with Gasteiger partial charge in [-0.1, -0.05) is 42.7 Å². The predicted molar refractivity (Wildman–Crippen MR) is 92.6 cm³/mol. The Morgan fingerprint density at radius 2 is 2.21 bits per heavy atom. The Morgan fingerprint density at radius 1 is 1.42 bits per heavy atom. The van der Waals surface area contributed by atoms with Gasteiger partial charge in [0.2, 0.25) is 11.8 Å². The van der Waals surface area contributed by atoms with Crippen molar-refractivity contribution in [3.63, 3.8) is 0 Å². The lowest BCUT2D eigenvalue weighted by Crippen LogP contribution is -2.28. The fourth-order valence-electron chi connectivity index (χ4n) is 2.11. The van der Waals surface area contributed by atoms with Gasteiger partial charge in [0, 0.05) is 30.5 Å². The monoisotopic (exact) mass is 350 g/mol. The van der Waals surface area contributed by atoms with Gasteiger partial charge in [-0.05, 0) is 24.7 Å². The molecule has 2 aromatic rings. The summed E-state index contributed by atoms with van der Waals surface area (Å²) >= 11 is 5.92. The summed E-state index contributed by atoms with van der Waals surface area (Å²) in [5, 5.41) is 7.49. The van der Waals surface area contributed by atoms with E-state index in [0.717, 1.165) is 5.56 Å². The second kappa shape index (κ2) is 8.80. The molecule has 1 amide bonds. The van der Waals surface area contributed by atoms with Crippen molar-refractivity contribution in [2.24, 2.45) is 0 Å². The maximum atomic E-state index is 11.9. The normalized spacial score (nSPS) is 11.2. The lowest BCUT2D eigenvalue weighted by Gasteiger charge is -2.13. The van der Waals surface area contributed by atoms with Gasteiger partial charge in [-0.2, -0.15) is 4.98 Å². The van der Waals surface area contributed by atoms with E-state index in [2.05, 4.69) is 15.5 Å². The van der Waals surface area contributed by atoms with Gasteiger partial charge in [0.25, 0.3) is 0 Å². The van der Waals surface area contributed by atoms with E-state index in [1.54, 1.807) is 0 Å². The van der Waals surface area contributed by atoms with Gasteiger partial charge in [0.15, 0.2) is 5.82 Å². The quantitative estimate of drug-likeness (QED) is 0.792. The molecule has 0 unspecified atom stereocenters. The number of rotatable bonds is 8. The summed E-state index contributed by atoms with van der Waals surface area (Å²) in [7, 11) is 1.92. The smallest absolute Gasteiger partial charge is 0.240 e. The Kier molecular flexibility index (Phi) is 6.75. The molecule has 0 aliphatic rings. The van der Waals surface area contributed by atoms with Crippen LogP contribution in [0.5, 0.6) is 0 Å². The van der Waals surface area contributed by atoms with Crippen molar-refractivity contribution < 1.29 is 9.32 Å². The zero-order valence-electron chi connectivity index (χ0n) is 14.3. The van der Waals surface area contributed by atoms with Crippen molar-refractivity contribution in [2.75, 3.05) is 13.6 Å². The van der Waals surface area contributed by atoms with E-state index in [9.17, 15) is 4.79 Å². The lowest BCUT2D eigenvalue weighted by atomic mass is 10.2. The molecule has 1 aromatic carbocycles. The van der Waals surface area contributed by atoms with Gasteiger partial charge < -0.3 is 9.84 Å². The second-order valence-electron chi connectivity index (χ2n) is 6.10. The molecule has 0 spiro atoms. The van der Waals surface area contributed by atoms with Crippen molar-refractivity contribution in [1.82, 2.24) is 20.4 Å². The molecule has 6 nitrogen and oxygen atoms in total. The van der Waals surface area contributed by atoms with Crippen LogP contribution in [0.25, 0.3) is 0 Å². The summed E-state index contributed by atoms with van der Waals surface area (Å²) in [4.78, 5) is 18.2. The van der Waals surface area contributed by atoms with Crippen molar-refractivity contribution in [1.29, 1.82) is 0 Å². The van der Waals surface area contributed by atoms with Crippen LogP contribution in [0.3, 0.4) is 0 Å². The first kappa shape index (κ1) is 18.4. The van der Waals surface area contributed by atoms with E-state index in [0.29, 0.717) is 42.8 Å². The van der Waals surface area contributed by atoms with Crippen LogP contribution in [0.15, 0.2) is 28.8 Å². The Balaban J connectivity index is 1.70. The SMILES string of the molecule is CC(C)c1noc(CN(C)CCC(=O)NCc2cccc(Cl)c2)n1. The number of carbonyl (C=O) groups is 1. The summed E-state index contributed by atoms with van der Waals surface area (Å²) in [6.45, 7) is 5.65. The van der Waals surface area contributed by atoms with Crippen LogP contribution in [0, 0.1) is 0 Å². The third kappa shape index (κ3) is 5.94. The number of nitrogens with one attached hydrogen (secondary N) is 1. The van der Waals surface area contributed by atoms with E-state index >= 15 is 0 Å². The molecule has 24 heavy (non-hydrogen) atoms. The maximum Gasteiger partial charge on any atom is 0.240 e. The molecule has 7 heteroatoms. The molecule has 0 bridgehead atoms. The van der Waals surface area contributed by atoms with Gasteiger partial charge in [0.1, 0.15) is 0 Å². The fraction of sp³-hybridized carbons (Fsp3) is 0.471. The summed E-state index contributed by atoms with van der Waals surface area (Å²) in [5.74, 6) is 1.51. The summed E-state index contributed by atoms with van der Waals surface area (Å²) < 4.78 is 5.20. The molecule has 1 heterocycles. The van der Waals surface area contributed by atoms with Crippen LogP contribution in [0.2, 0.25) is 5.02 Å². The van der Waals surface area contributed by atoms with Crippen molar-refractivity contribution >= 4 is 17.5 Å². The molecule has 1 aromatic heterocycles. The van der Waals surface area contributed by atoms with E-state index in [1.165, 1.54) is 0 Å². The topological polar surface area (TPSA) is 71.3 Å². The van der Waals surface area contributed by atoms with Crippen LogP contribution in [0.1, 0.15) is 43.5 Å². The number of nitrogens with zero attached hydrogens (tertiary/aromatic N) is 3. The number of carbonyl (C=O) groups excluding carboxylic acids is 1. The van der Waals surface area contributed by atoms with Crippen LogP contribution in [-0.2, 0) is 17.9 Å². The fourth-order valence-corrected chi connectivity index (χ4v) is 2.32. The van der Waals surface area contributed by atoms with Crippen LogP contribution >= 0.6 is 11.6 Å². The third-order valence-corrected chi connectivity index (χ3v) is 3.74. The van der Waals surface area contributed by atoms with E-state index in [4.69, 9.17) is 16.1 Å². The largest absolute Gasteiger partial charge is 0.352 e. The van der Waals surface area contributed by atoms with E-state index in [-0.39, 0.29) is 11.8 Å². The molecule has 130 valence electrons. The molecule has 1 N–H and O–H groups in total. The number of benzene rings is 1. The standard InChI is InChI=1S/C17H23ClN4O2/c1-12(2)17-20-16(24-21-17)11-22(3)8-7-15(23)19-10-13-5-4-6-14(18)9-13/h4-6,9,12H,7-8,10-11H2,1-3H3,(H,19,23). The first-order valence-corrected chi connectivity index (χ1v) is 8.34. The Morgan fingerprint density at radius 3 is 2.88 bits per heavy atom. The zero-order valence-corrected chi connectivity index (χ0v) is 15.0. The highest BCUT2D eigenvalue weighted by molar-refractivity contribution is 6.30. The maximum absolute atomic E-state index is 11.9. The lowest BCUT2D eigenvalue weighted by molar-refractivity contribution is -0.121. The minimum absolute atomic E-state index is 0.00442. The first-order chi connectivity index (χ1) is 11.4. The van der Waals surface area contributed by atoms with Gasteiger partial charge in [-0.15, -0.1) is 0 Å². The predicted octanol–water partition coefficient (Wildman–Crippen LogP) is 2.98. The number of amides is 1. The molecule has 0 aliphatic heterocycles. The molecule has 0 saturated heterocycles. The third-order valence-electron chi connectivity index (χ3n) is 3.50. The number of hydrogen-bond acceptors (Lipinski definition) is 5. The van der Waals surface area contributed by atoms with Crippen molar-refractivity contribution in [2.45, 2.75) is 39.3 Å². The molecular weight excluding hydrogens is 328 g/mol. The van der Waals surface area contributed by atoms with Gasteiger partial charge in [-0.3, -0.25) is 9.69 Å². The van der Waals surface area contributed by atoms with Gasteiger partial charge in [-0.25, -0.2) is 0 Å². The van der Waals surface area contributed by atoms with Crippen molar-refractivity contribution in [3.05, 3.63) is 46.6 Å². The Hall–Kier alpha value is -1.92. The number of halogens is 1. The minimum Gasteiger partial charge on any atom is -0.352 e. The van der Waals surface area contributed by atoms with Crippen LogP contribution in [0.4, 0.5) is 0 Å². The van der Waals surface area contributed by atoms with Crippen LogP contribution in [-0.4, -0.2) is 34.5 Å².